The molecule has 3 nitrogen and oxygen atoms in total. The Morgan fingerprint density at radius 3 is 2.71 bits per heavy atom. The molecule has 14 heavy (non-hydrogen) atoms. The molecular formula is C11H20N2O. The van der Waals surface area contributed by atoms with Crippen LogP contribution in [0.15, 0.2) is 0 Å². The van der Waals surface area contributed by atoms with Crippen molar-refractivity contribution < 1.29 is 4.79 Å². The third-order valence-electron chi connectivity index (χ3n) is 3.71. The standard InChI is InChI=1S/C11H20N2O/c1-12-7-6-9(8-12)13(2)10-4-3-5-11(10)14/h9-10H,3-8H2,1-2H3. The Labute approximate surface area is 86.1 Å². The number of likely N-dealkylation sites (tertiary alicyclic amines) is 1. The number of hydrogen-bond acceptors (Lipinski definition) is 3. The number of ketones is 1. The molecule has 0 aromatic rings. The summed E-state index contributed by atoms with van der Waals surface area (Å²) >= 11 is 0. The van der Waals surface area contributed by atoms with Crippen molar-refractivity contribution in [2.24, 2.45) is 0 Å². The van der Waals surface area contributed by atoms with Crippen molar-refractivity contribution in [1.29, 1.82) is 0 Å². The molecule has 0 N–H and O–H groups in total. The Morgan fingerprint density at radius 2 is 2.21 bits per heavy atom. The van der Waals surface area contributed by atoms with Crippen LogP contribution in [0.5, 0.6) is 0 Å². The largest absolute Gasteiger partial charge is 0.305 e. The highest BCUT2D eigenvalue weighted by Crippen LogP contribution is 2.23. The van der Waals surface area contributed by atoms with Gasteiger partial charge in [-0.15, -0.1) is 0 Å². The zero-order chi connectivity index (χ0) is 10.1. The zero-order valence-electron chi connectivity index (χ0n) is 9.20. The van der Waals surface area contributed by atoms with Gasteiger partial charge in [-0.05, 0) is 39.9 Å². The summed E-state index contributed by atoms with van der Waals surface area (Å²) in [5.74, 6) is 0.460. The molecule has 0 radical (unpaired) electrons. The quantitative estimate of drug-likeness (QED) is 0.651. The third kappa shape index (κ3) is 1.84. The van der Waals surface area contributed by atoms with E-state index in [-0.39, 0.29) is 6.04 Å². The van der Waals surface area contributed by atoms with Gasteiger partial charge < -0.3 is 4.90 Å². The van der Waals surface area contributed by atoms with E-state index in [4.69, 9.17) is 0 Å². The van der Waals surface area contributed by atoms with Gasteiger partial charge in [0.2, 0.25) is 0 Å². The van der Waals surface area contributed by atoms with Crippen molar-refractivity contribution in [1.82, 2.24) is 9.80 Å². The van der Waals surface area contributed by atoms with Crippen LogP contribution >= 0.6 is 0 Å². The molecule has 3 heteroatoms. The van der Waals surface area contributed by atoms with E-state index < -0.39 is 0 Å². The Morgan fingerprint density at radius 1 is 1.43 bits per heavy atom. The number of carbonyl (C=O) groups is 1. The SMILES string of the molecule is CN1CCC(N(C)C2CCCC2=O)C1. The molecule has 1 heterocycles. The average Bonchev–Trinajstić information content (AvgIpc) is 2.73. The Bertz CT molecular complexity index is 229. The summed E-state index contributed by atoms with van der Waals surface area (Å²) in [5, 5.41) is 0. The molecule has 1 aliphatic carbocycles. The normalized spacial score (nSPS) is 34.6. The lowest BCUT2D eigenvalue weighted by Gasteiger charge is -2.29. The molecular weight excluding hydrogens is 176 g/mol. The predicted molar refractivity (Wildman–Crippen MR) is 56.3 cm³/mol. The first-order chi connectivity index (χ1) is 6.68. The van der Waals surface area contributed by atoms with Crippen LogP contribution in [0.25, 0.3) is 0 Å². The third-order valence-corrected chi connectivity index (χ3v) is 3.71. The first kappa shape index (κ1) is 10.1. The fraction of sp³-hybridized carbons (Fsp3) is 0.909. The maximum absolute atomic E-state index is 11.6. The van der Waals surface area contributed by atoms with Crippen molar-refractivity contribution in [3.63, 3.8) is 0 Å². The minimum Gasteiger partial charge on any atom is -0.305 e. The first-order valence-corrected chi connectivity index (χ1v) is 5.61. The van der Waals surface area contributed by atoms with Gasteiger partial charge in [0.05, 0.1) is 6.04 Å². The van der Waals surface area contributed by atoms with Gasteiger partial charge in [0.25, 0.3) is 0 Å². The molecule has 1 saturated carbocycles. The predicted octanol–water partition coefficient (Wildman–Crippen LogP) is 0.744. The van der Waals surface area contributed by atoms with Crippen LogP contribution in [0.3, 0.4) is 0 Å². The fourth-order valence-corrected chi connectivity index (χ4v) is 2.73. The molecule has 0 aromatic carbocycles. The molecule has 80 valence electrons. The van der Waals surface area contributed by atoms with Gasteiger partial charge in [0.1, 0.15) is 5.78 Å². The summed E-state index contributed by atoms with van der Waals surface area (Å²) in [5.41, 5.74) is 0. The van der Waals surface area contributed by atoms with Crippen molar-refractivity contribution in [3.05, 3.63) is 0 Å². The number of hydrogen-bond donors (Lipinski definition) is 0. The smallest absolute Gasteiger partial charge is 0.149 e. The van der Waals surface area contributed by atoms with Gasteiger partial charge in [-0.1, -0.05) is 0 Å². The van der Waals surface area contributed by atoms with Crippen LogP contribution in [0.2, 0.25) is 0 Å². The Balaban J connectivity index is 1.94. The number of rotatable bonds is 2. The van der Waals surface area contributed by atoms with Gasteiger partial charge in [0, 0.05) is 19.0 Å². The number of Topliss-reactive ketones (excluding diaryl/α,β-unsaturated/α-hetero) is 1. The molecule has 2 unspecified atom stereocenters. The Kier molecular flexibility index (Phi) is 2.88. The molecule has 0 aromatic heterocycles. The van der Waals surface area contributed by atoms with E-state index in [1.54, 1.807) is 0 Å². The van der Waals surface area contributed by atoms with Gasteiger partial charge in [-0.3, -0.25) is 9.69 Å². The van der Waals surface area contributed by atoms with E-state index in [9.17, 15) is 4.79 Å². The van der Waals surface area contributed by atoms with Crippen molar-refractivity contribution in [3.8, 4) is 0 Å². The number of likely N-dealkylation sites (N-methyl/N-ethyl adjacent to an activating group) is 2. The molecule has 2 fully saturated rings. The van der Waals surface area contributed by atoms with Gasteiger partial charge in [0.15, 0.2) is 0 Å². The van der Waals surface area contributed by atoms with Gasteiger partial charge in [-0.2, -0.15) is 0 Å². The van der Waals surface area contributed by atoms with Crippen molar-refractivity contribution in [2.45, 2.75) is 37.8 Å². The van der Waals surface area contributed by atoms with Gasteiger partial charge >= 0.3 is 0 Å². The zero-order valence-corrected chi connectivity index (χ0v) is 9.20. The van der Waals surface area contributed by atoms with Crippen LogP contribution in [-0.2, 0) is 4.79 Å². The maximum atomic E-state index is 11.6. The molecule has 1 saturated heterocycles. The van der Waals surface area contributed by atoms with Crippen LogP contribution in [0, 0.1) is 0 Å². The van der Waals surface area contributed by atoms with E-state index in [2.05, 4.69) is 23.9 Å². The minimum absolute atomic E-state index is 0.228. The molecule has 2 aliphatic rings. The highest BCUT2D eigenvalue weighted by molar-refractivity contribution is 5.85. The highest BCUT2D eigenvalue weighted by atomic mass is 16.1. The Hall–Kier alpha value is -0.410. The lowest BCUT2D eigenvalue weighted by Crippen LogP contribution is -2.43. The van der Waals surface area contributed by atoms with Crippen LogP contribution in [0.4, 0.5) is 0 Å². The number of nitrogens with zero attached hydrogens (tertiary/aromatic N) is 2. The van der Waals surface area contributed by atoms with Crippen LogP contribution in [-0.4, -0.2) is 54.9 Å². The second-order valence-corrected chi connectivity index (χ2v) is 4.74. The van der Waals surface area contributed by atoms with E-state index in [1.165, 1.54) is 13.0 Å². The minimum atomic E-state index is 0.228. The maximum Gasteiger partial charge on any atom is 0.149 e. The molecule has 2 atom stereocenters. The topological polar surface area (TPSA) is 23.6 Å². The lowest BCUT2D eigenvalue weighted by atomic mass is 10.1. The molecule has 1 aliphatic heterocycles. The molecule has 0 spiro atoms. The van der Waals surface area contributed by atoms with Crippen molar-refractivity contribution >= 4 is 5.78 Å². The average molecular weight is 196 g/mol. The second kappa shape index (κ2) is 3.99. The van der Waals surface area contributed by atoms with Crippen LogP contribution in [0.1, 0.15) is 25.7 Å². The summed E-state index contributed by atoms with van der Waals surface area (Å²) in [4.78, 5) is 16.3. The summed E-state index contributed by atoms with van der Waals surface area (Å²) in [7, 11) is 4.28. The van der Waals surface area contributed by atoms with Crippen LogP contribution < -0.4 is 0 Å². The first-order valence-electron chi connectivity index (χ1n) is 5.61. The van der Waals surface area contributed by atoms with E-state index in [1.807, 2.05) is 0 Å². The van der Waals surface area contributed by atoms with E-state index in [0.717, 1.165) is 25.8 Å². The van der Waals surface area contributed by atoms with Gasteiger partial charge in [-0.25, -0.2) is 0 Å². The molecule has 2 rings (SSSR count). The van der Waals surface area contributed by atoms with E-state index >= 15 is 0 Å². The monoisotopic (exact) mass is 196 g/mol. The van der Waals surface area contributed by atoms with Crippen molar-refractivity contribution in [2.75, 3.05) is 27.2 Å². The summed E-state index contributed by atoms with van der Waals surface area (Å²) in [6, 6.07) is 0.832. The molecule has 0 bridgehead atoms. The highest BCUT2D eigenvalue weighted by Gasteiger charge is 2.33. The lowest BCUT2D eigenvalue weighted by molar-refractivity contribution is -0.122. The number of carbonyl (C=O) groups excluding carboxylic acids is 1. The molecule has 0 amide bonds. The second-order valence-electron chi connectivity index (χ2n) is 4.74. The summed E-state index contributed by atoms with van der Waals surface area (Å²) in [6.07, 6.45) is 4.19. The summed E-state index contributed by atoms with van der Waals surface area (Å²) in [6.45, 7) is 2.30. The fourth-order valence-electron chi connectivity index (χ4n) is 2.73. The summed E-state index contributed by atoms with van der Waals surface area (Å²) < 4.78 is 0. The van der Waals surface area contributed by atoms with E-state index in [0.29, 0.717) is 11.8 Å².